The Balaban J connectivity index is 2.24. The molecule has 0 unspecified atom stereocenters. The van der Waals surface area contributed by atoms with Crippen LogP contribution in [0.1, 0.15) is 0 Å². The lowest BCUT2D eigenvalue weighted by Gasteiger charge is -1.85. The van der Waals surface area contributed by atoms with Crippen LogP contribution >= 0.6 is 0 Å². The van der Waals surface area contributed by atoms with Gasteiger partial charge in [0, 0.05) is 11.6 Å². The van der Waals surface area contributed by atoms with Crippen LogP contribution < -0.4 is 0 Å². The maximum absolute atomic E-state index is 5.63. The van der Waals surface area contributed by atoms with Crippen molar-refractivity contribution in [3.63, 3.8) is 0 Å². The maximum Gasteiger partial charge on any atom is 0.155 e. The number of imidazole rings is 1. The number of aromatic amines is 1. The number of nitrogens with zero attached hydrogens (tertiary/aromatic N) is 1. The Hall–Kier alpha value is -2.03. The minimum Gasteiger partial charge on any atom is -0.454 e. The van der Waals surface area contributed by atoms with E-state index in [-0.39, 0.29) is 0 Å². The van der Waals surface area contributed by atoms with Gasteiger partial charge in [-0.1, -0.05) is 18.2 Å². The molecule has 1 aromatic carbocycles. The van der Waals surface area contributed by atoms with Gasteiger partial charge in [0.1, 0.15) is 11.3 Å². The Morgan fingerprint density at radius 3 is 2.93 bits per heavy atom. The topological polar surface area (TPSA) is 41.8 Å². The fourth-order valence-electron chi connectivity index (χ4n) is 1.50. The molecule has 3 rings (SSSR count). The summed E-state index contributed by atoms with van der Waals surface area (Å²) >= 11 is 0. The number of furan rings is 1. The van der Waals surface area contributed by atoms with Gasteiger partial charge in [-0.25, -0.2) is 4.98 Å². The average Bonchev–Trinajstić information content (AvgIpc) is 2.86. The standard InChI is InChI=1S/C11H8N2O/c1-2-4-10-8(3-1)5-11(14-10)9-6-12-7-13-9/h1-7H,(H,12,13). The summed E-state index contributed by atoms with van der Waals surface area (Å²) in [6.45, 7) is 0. The highest BCUT2D eigenvalue weighted by atomic mass is 16.3. The zero-order valence-electron chi connectivity index (χ0n) is 7.40. The number of rotatable bonds is 1. The molecular formula is C11H8N2O. The van der Waals surface area contributed by atoms with E-state index in [1.165, 1.54) is 0 Å². The molecule has 0 radical (unpaired) electrons. The van der Waals surface area contributed by atoms with Gasteiger partial charge in [0.15, 0.2) is 5.76 Å². The summed E-state index contributed by atoms with van der Waals surface area (Å²) in [7, 11) is 0. The number of para-hydroxylation sites is 1. The van der Waals surface area contributed by atoms with Gasteiger partial charge in [-0.2, -0.15) is 0 Å². The molecule has 0 atom stereocenters. The van der Waals surface area contributed by atoms with E-state index in [9.17, 15) is 0 Å². The van der Waals surface area contributed by atoms with Crippen molar-refractivity contribution >= 4 is 11.0 Å². The fraction of sp³-hybridized carbons (Fsp3) is 0. The smallest absolute Gasteiger partial charge is 0.155 e. The van der Waals surface area contributed by atoms with Gasteiger partial charge in [-0.3, -0.25) is 0 Å². The Morgan fingerprint density at radius 1 is 1.21 bits per heavy atom. The van der Waals surface area contributed by atoms with Crippen LogP contribution in [0.25, 0.3) is 22.4 Å². The van der Waals surface area contributed by atoms with E-state index in [4.69, 9.17) is 4.42 Å². The summed E-state index contributed by atoms with van der Waals surface area (Å²) in [6.07, 6.45) is 3.46. The average molecular weight is 184 g/mol. The predicted molar refractivity (Wildman–Crippen MR) is 53.8 cm³/mol. The fourth-order valence-corrected chi connectivity index (χ4v) is 1.50. The van der Waals surface area contributed by atoms with E-state index in [1.807, 2.05) is 36.5 Å². The third-order valence-corrected chi connectivity index (χ3v) is 2.18. The first-order valence-electron chi connectivity index (χ1n) is 4.41. The van der Waals surface area contributed by atoms with Gasteiger partial charge in [-0.15, -0.1) is 0 Å². The van der Waals surface area contributed by atoms with Gasteiger partial charge in [0.2, 0.25) is 0 Å². The molecule has 0 bridgehead atoms. The van der Waals surface area contributed by atoms with Crippen molar-refractivity contribution in [3.05, 3.63) is 42.9 Å². The second kappa shape index (κ2) is 2.73. The van der Waals surface area contributed by atoms with Crippen molar-refractivity contribution in [1.82, 2.24) is 9.97 Å². The molecule has 0 aliphatic carbocycles. The molecule has 0 fully saturated rings. The van der Waals surface area contributed by atoms with Crippen molar-refractivity contribution in [1.29, 1.82) is 0 Å². The molecule has 3 heteroatoms. The second-order valence-electron chi connectivity index (χ2n) is 3.10. The Labute approximate surface area is 80.4 Å². The highest BCUT2D eigenvalue weighted by Gasteiger charge is 2.06. The number of H-pyrrole nitrogens is 1. The van der Waals surface area contributed by atoms with Crippen LogP contribution in [0.4, 0.5) is 0 Å². The van der Waals surface area contributed by atoms with E-state index in [2.05, 4.69) is 9.97 Å². The van der Waals surface area contributed by atoms with Crippen molar-refractivity contribution in [3.8, 4) is 11.5 Å². The summed E-state index contributed by atoms with van der Waals surface area (Å²) in [6, 6.07) is 9.92. The Morgan fingerprint density at radius 2 is 2.14 bits per heavy atom. The molecule has 1 N–H and O–H groups in total. The first-order chi connectivity index (χ1) is 6.93. The second-order valence-corrected chi connectivity index (χ2v) is 3.10. The number of nitrogens with one attached hydrogen (secondary N) is 1. The van der Waals surface area contributed by atoms with Crippen molar-refractivity contribution < 1.29 is 4.42 Å². The van der Waals surface area contributed by atoms with Gasteiger partial charge in [0.05, 0.1) is 6.33 Å². The van der Waals surface area contributed by atoms with Gasteiger partial charge >= 0.3 is 0 Å². The molecule has 0 saturated carbocycles. The molecule has 0 aliphatic heterocycles. The van der Waals surface area contributed by atoms with E-state index in [0.29, 0.717) is 0 Å². The minimum absolute atomic E-state index is 0.799. The number of aromatic nitrogens is 2. The van der Waals surface area contributed by atoms with Crippen LogP contribution in [-0.4, -0.2) is 9.97 Å². The summed E-state index contributed by atoms with van der Waals surface area (Å²) in [4.78, 5) is 7.03. The zero-order valence-corrected chi connectivity index (χ0v) is 7.40. The number of fused-ring (bicyclic) bond motifs is 1. The zero-order chi connectivity index (χ0) is 9.38. The molecule has 3 nitrogen and oxygen atoms in total. The molecule has 0 aliphatic rings. The lowest BCUT2D eigenvalue weighted by molar-refractivity contribution is 0.629. The van der Waals surface area contributed by atoms with Crippen LogP contribution in [0.15, 0.2) is 47.3 Å². The molecule has 0 amide bonds. The SMILES string of the molecule is c1ccc2oc(-c3c[nH]cn3)cc2c1. The number of hydrogen-bond acceptors (Lipinski definition) is 2. The maximum atomic E-state index is 5.63. The van der Waals surface area contributed by atoms with Crippen molar-refractivity contribution in [2.45, 2.75) is 0 Å². The Bertz CT molecular complexity index is 518. The molecule has 68 valence electrons. The first kappa shape index (κ1) is 7.38. The summed E-state index contributed by atoms with van der Waals surface area (Å²) < 4.78 is 5.63. The van der Waals surface area contributed by atoms with E-state index in [0.717, 1.165) is 22.4 Å². The number of hydrogen-bond donors (Lipinski definition) is 1. The summed E-state index contributed by atoms with van der Waals surface area (Å²) in [5, 5.41) is 1.10. The largest absolute Gasteiger partial charge is 0.454 e. The van der Waals surface area contributed by atoms with Crippen LogP contribution in [0.3, 0.4) is 0 Å². The van der Waals surface area contributed by atoms with Gasteiger partial charge < -0.3 is 9.40 Å². The first-order valence-corrected chi connectivity index (χ1v) is 4.41. The lowest BCUT2D eigenvalue weighted by atomic mass is 10.2. The normalized spacial score (nSPS) is 10.9. The molecule has 3 aromatic rings. The molecule has 14 heavy (non-hydrogen) atoms. The van der Waals surface area contributed by atoms with Crippen LogP contribution in [0.5, 0.6) is 0 Å². The van der Waals surface area contributed by atoms with E-state index >= 15 is 0 Å². The number of benzene rings is 1. The highest BCUT2D eigenvalue weighted by Crippen LogP contribution is 2.25. The third kappa shape index (κ3) is 1.03. The highest BCUT2D eigenvalue weighted by molar-refractivity contribution is 5.81. The van der Waals surface area contributed by atoms with E-state index in [1.54, 1.807) is 6.33 Å². The van der Waals surface area contributed by atoms with Crippen LogP contribution in [0.2, 0.25) is 0 Å². The van der Waals surface area contributed by atoms with E-state index < -0.39 is 0 Å². The van der Waals surface area contributed by atoms with Crippen LogP contribution in [-0.2, 0) is 0 Å². The van der Waals surface area contributed by atoms with Crippen LogP contribution in [0, 0.1) is 0 Å². The molecule has 2 aromatic heterocycles. The quantitative estimate of drug-likeness (QED) is 0.631. The third-order valence-electron chi connectivity index (χ3n) is 2.18. The van der Waals surface area contributed by atoms with Crippen molar-refractivity contribution in [2.75, 3.05) is 0 Å². The summed E-state index contributed by atoms with van der Waals surface area (Å²) in [5.41, 5.74) is 1.73. The van der Waals surface area contributed by atoms with Gasteiger partial charge in [0.25, 0.3) is 0 Å². The Kier molecular flexibility index (Phi) is 1.44. The monoisotopic (exact) mass is 184 g/mol. The molecule has 0 saturated heterocycles. The van der Waals surface area contributed by atoms with Gasteiger partial charge in [-0.05, 0) is 12.1 Å². The minimum atomic E-state index is 0.799. The predicted octanol–water partition coefficient (Wildman–Crippen LogP) is 2.82. The summed E-state index contributed by atoms with van der Waals surface area (Å²) in [5.74, 6) is 0.799. The van der Waals surface area contributed by atoms with Crippen molar-refractivity contribution in [2.24, 2.45) is 0 Å². The molecule has 0 spiro atoms. The molecule has 2 heterocycles. The lowest BCUT2D eigenvalue weighted by Crippen LogP contribution is -1.68. The molecular weight excluding hydrogens is 176 g/mol.